The second kappa shape index (κ2) is 4.70. The summed E-state index contributed by atoms with van der Waals surface area (Å²) in [7, 11) is 0. The Hall–Kier alpha value is -1.64. The first-order valence-corrected chi connectivity index (χ1v) is 6.34. The highest BCUT2D eigenvalue weighted by molar-refractivity contribution is 5.21. The molecular weight excluding hydrogens is 210 g/mol. The third kappa shape index (κ3) is 2.09. The van der Waals surface area contributed by atoms with Gasteiger partial charge in [0.25, 0.3) is 0 Å². The van der Waals surface area contributed by atoms with Crippen LogP contribution in [0.1, 0.15) is 43.2 Å². The van der Waals surface area contributed by atoms with Gasteiger partial charge in [-0.15, -0.1) is 0 Å². The van der Waals surface area contributed by atoms with Crippen LogP contribution in [0.4, 0.5) is 0 Å². The standard InChI is InChI=1S/C14H17N3/c1-2-6-12(7-3-1)13-8-4-5-9-14(13)17-11-15-10-16-17/h1-3,6-7,10-11,13-14H,4-5,8-9H2. The molecule has 1 aliphatic carbocycles. The molecule has 1 heterocycles. The summed E-state index contributed by atoms with van der Waals surface area (Å²) < 4.78 is 2.04. The number of aromatic nitrogens is 3. The average molecular weight is 227 g/mol. The van der Waals surface area contributed by atoms with E-state index in [1.54, 1.807) is 6.33 Å². The van der Waals surface area contributed by atoms with Crippen LogP contribution in [0.25, 0.3) is 0 Å². The molecule has 0 amide bonds. The second-order valence-electron chi connectivity index (χ2n) is 4.74. The number of rotatable bonds is 2. The summed E-state index contributed by atoms with van der Waals surface area (Å²) in [5.41, 5.74) is 1.44. The molecule has 0 aliphatic heterocycles. The van der Waals surface area contributed by atoms with E-state index in [0.717, 1.165) is 0 Å². The van der Waals surface area contributed by atoms with Crippen LogP contribution < -0.4 is 0 Å². The summed E-state index contributed by atoms with van der Waals surface area (Å²) in [6.45, 7) is 0. The van der Waals surface area contributed by atoms with Crippen molar-refractivity contribution in [1.82, 2.24) is 14.8 Å². The fourth-order valence-electron chi connectivity index (χ4n) is 2.91. The van der Waals surface area contributed by atoms with Gasteiger partial charge in [-0.25, -0.2) is 9.67 Å². The minimum atomic E-state index is 0.480. The molecular formula is C14H17N3. The van der Waals surface area contributed by atoms with Crippen LogP contribution in [0.5, 0.6) is 0 Å². The van der Waals surface area contributed by atoms with E-state index in [4.69, 9.17) is 0 Å². The van der Waals surface area contributed by atoms with E-state index in [9.17, 15) is 0 Å². The summed E-state index contributed by atoms with van der Waals surface area (Å²) in [4.78, 5) is 4.08. The molecule has 0 N–H and O–H groups in total. The third-order valence-corrected chi connectivity index (χ3v) is 3.73. The Kier molecular flexibility index (Phi) is 2.90. The van der Waals surface area contributed by atoms with Crippen molar-refractivity contribution in [3.05, 3.63) is 48.5 Å². The van der Waals surface area contributed by atoms with E-state index >= 15 is 0 Å². The van der Waals surface area contributed by atoms with Gasteiger partial charge in [0.1, 0.15) is 12.7 Å². The Bertz CT molecular complexity index is 450. The van der Waals surface area contributed by atoms with Crippen LogP contribution in [-0.2, 0) is 0 Å². The molecule has 3 heteroatoms. The predicted molar refractivity (Wildman–Crippen MR) is 66.7 cm³/mol. The average Bonchev–Trinajstić information content (AvgIpc) is 2.94. The van der Waals surface area contributed by atoms with Gasteiger partial charge < -0.3 is 0 Å². The molecule has 1 aromatic carbocycles. The predicted octanol–water partition coefficient (Wildman–Crippen LogP) is 3.18. The van der Waals surface area contributed by atoms with Crippen molar-refractivity contribution in [3.63, 3.8) is 0 Å². The normalized spacial score (nSPS) is 24.7. The second-order valence-corrected chi connectivity index (χ2v) is 4.74. The highest BCUT2D eigenvalue weighted by Gasteiger charge is 2.28. The SMILES string of the molecule is c1ccc(C2CCCCC2n2cncn2)cc1. The maximum absolute atomic E-state index is 4.32. The van der Waals surface area contributed by atoms with Gasteiger partial charge in [0.2, 0.25) is 0 Å². The van der Waals surface area contributed by atoms with Crippen LogP contribution in [-0.4, -0.2) is 14.8 Å². The van der Waals surface area contributed by atoms with Crippen molar-refractivity contribution in [1.29, 1.82) is 0 Å². The Morgan fingerprint density at radius 3 is 2.65 bits per heavy atom. The van der Waals surface area contributed by atoms with Crippen molar-refractivity contribution in [2.24, 2.45) is 0 Å². The topological polar surface area (TPSA) is 30.7 Å². The number of hydrogen-bond donors (Lipinski definition) is 0. The van der Waals surface area contributed by atoms with Gasteiger partial charge in [0.05, 0.1) is 6.04 Å². The van der Waals surface area contributed by atoms with E-state index in [0.29, 0.717) is 12.0 Å². The molecule has 1 aliphatic rings. The summed E-state index contributed by atoms with van der Waals surface area (Å²) >= 11 is 0. The first-order chi connectivity index (χ1) is 8.45. The molecule has 0 radical (unpaired) electrons. The molecule has 2 atom stereocenters. The Labute approximate surface area is 101 Å². The van der Waals surface area contributed by atoms with E-state index in [2.05, 4.69) is 40.4 Å². The van der Waals surface area contributed by atoms with Crippen molar-refractivity contribution in [2.45, 2.75) is 37.6 Å². The van der Waals surface area contributed by atoms with E-state index in [-0.39, 0.29) is 0 Å². The van der Waals surface area contributed by atoms with Gasteiger partial charge >= 0.3 is 0 Å². The summed E-state index contributed by atoms with van der Waals surface area (Å²) in [5.74, 6) is 0.589. The molecule has 3 rings (SSSR count). The van der Waals surface area contributed by atoms with Crippen LogP contribution in [0, 0.1) is 0 Å². The summed E-state index contributed by atoms with van der Waals surface area (Å²) in [6.07, 6.45) is 8.58. The molecule has 2 aromatic rings. The van der Waals surface area contributed by atoms with Crippen molar-refractivity contribution in [3.8, 4) is 0 Å². The minimum absolute atomic E-state index is 0.480. The minimum Gasteiger partial charge on any atom is -0.249 e. The smallest absolute Gasteiger partial charge is 0.137 e. The van der Waals surface area contributed by atoms with Crippen molar-refractivity contribution >= 4 is 0 Å². The number of nitrogens with zero attached hydrogens (tertiary/aromatic N) is 3. The van der Waals surface area contributed by atoms with Crippen LogP contribution in [0.2, 0.25) is 0 Å². The third-order valence-electron chi connectivity index (χ3n) is 3.73. The van der Waals surface area contributed by atoms with Crippen LogP contribution >= 0.6 is 0 Å². The van der Waals surface area contributed by atoms with E-state index in [1.165, 1.54) is 31.2 Å². The Morgan fingerprint density at radius 1 is 1.06 bits per heavy atom. The van der Waals surface area contributed by atoms with Gasteiger partial charge in [-0.05, 0) is 18.4 Å². The zero-order valence-corrected chi connectivity index (χ0v) is 9.87. The highest BCUT2D eigenvalue weighted by Crippen LogP contribution is 2.40. The van der Waals surface area contributed by atoms with Crippen molar-refractivity contribution in [2.75, 3.05) is 0 Å². The molecule has 2 unspecified atom stereocenters. The molecule has 0 spiro atoms. The Morgan fingerprint density at radius 2 is 1.88 bits per heavy atom. The van der Waals surface area contributed by atoms with Gasteiger partial charge in [-0.1, -0.05) is 43.2 Å². The summed E-state index contributed by atoms with van der Waals surface area (Å²) in [6, 6.07) is 11.3. The molecule has 17 heavy (non-hydrogen) atoms. The molecule has 1 saturated carbocycles. The lowest BCUT2D eigenvalue weighted by Crippen LogP contribution is -2.22. The van der Waals surface area contributed by atoms with Crippen LogP contribution in [0.3, 0.4) is 0 Å². The van der Waals surface area contributed by atoms with Crippen molar-refractivity contribution < 1.29 is 0 Å². The zero-order chi connectivity index (χ0) is 11.5. The quantitative estimate of drug-likeness (QED) is 0.789. The number of hydrogen-bond acceptors (Lipinski definition) is 2. The lowest BCUT2D eigenvalue weighted by Gasteiger charge is -2.31. The fourth-order valence-corrected chi connectivity index (χ4v) is 2.91. The zero-order valence-electron chi connectivity index (χ0n) is 9.87. The van der Waals surface area contributed by atoms with Gasteiger partial charge in [-0.2, -0.15) is 5.10 Å². The molecule has 0 bridgehead atoms. The van der Waals surface area contributed by atoms with E-state index in [1.807, 2.05) is 11.0 Å². The van der Waals surface area contributed by atoms with Gasteiger partial charge in [-0.3, -0.25) is 0 Å². The van der Waals surface area contributed by atoms with E-state index < -0.39 is 0 Å². The highest BCUT2D eigenvalue weighted by atomic mass is 15.3. The summed E-state index contributed by atoms with van der Waals surface area (Å²) in [5, 5.41) is 4.32. The molecule has 0 saturated heterocycles. The number of benzene rings is 1. The van der Waals surface area contributed by atoms with Crippen LogP contribution in [0.15, 0.2) is 43.0 Å². The van der Waals surface area contributed by atoms with Gasteiger partial charge in [0.15, 0.2) is 0 Å². The molecule has 1 fully saturated rings. The molecule has 3 nitrogen and oxygen atoms in total. The maximum Gasteiger partial charge on any atom is 0.137 e. The lowest BCUT2D eigenvalue weighted by molar-refractivity contribution is 0.284. The first-order valence-electron chi connectivity index (χ1n) is 6.34. The largest absolute Gasteiger partial charge is 0.249 e. The fraction of sp³-hybridized carbons (Fsp3) is 0.429. The Balaban J connectivity index is 1.91. The lowest BCUT2D eigenvalue weighted by atomic mass is 9.80. The molecule has 1 aromatic heterocycles. The van der Waals surface area contributed by atoms with Gasteiger partial charge in [0, 0.05) is 5.92 Å². The first kappa shape index (κ1) is 10.5. The maximum atomic E-state index is 4.32. The molecule has 88 valence electrons. The monoisotopic (exact) mass is 227 g/mol.